The Bertz CT molecular complexity index is 422. The highest BCUT2D eigenvalue weighted by Gasteiger charge is 2.23. The van der Waals surface area contributed by atoms with Gasteiger partial charge in [0.2, 0.25) is 0 Å². The van der Waals surface area contributed by atoms with Crippen LogP contribution in [0.3, 0.4) is 0 Å². The summed E-state index contributed by atoms with van der Waals surface area (Å²) in [7, 11) is 3.04. The van der Waals surface area contributed by atoms with Crippen molar-refractivity contribution in [3.8, 4) is 5.75 Å². The molecule has 0 amide bonds. The molecular formula is C13H19F2NO2. The fraction of sp³-hybridized carbons (Fsp3) is 0.538. The highest BCUT2D eigenvalue weighted by Crippen LogP contribution is 2.23. The van der Waals surface area contributed by atoms with Crippen molar-refractivity contribution in [3.63, 3.8) is 0 Å². The minimum atomic E-state index is -0.593. The molecular weight excluding hydrogens is 240 g/mol. The smallest absolute Gasteiger partial charge is 0.165 e. The van der Waals surface area contributed by atoms with Gasteiger partial charge in [-0.05, 0) is 27.0 Å². The van der Waals surface area contributed by atoms with E-state index >= 15 is 0 Å². The van der Waals surface area contributed by atoms with Crippen LogP contribution in [0.15, 0.2) is 12.1 Å². The molecule has 1 N–H and O–H groups in total. The average molecular weight is 259 g/mol. The standard InChI is InChI=1S/C13H19F2NO2/c1-13(2,8-17)16(3)7-9-5-11(15)12(18-4)6-10(9)14/h5-6,17H,7-8H2,1-4H3. The van der Waals surface area contributed by atoms with Crippen molar-refractivity contribution in [1.82, 2.24) is 4.90 Å². The Labute approximate surface area is 106 Å². The highest BCUT2D eigenvalue weighted by molar-refractivity contribution is 5.30. The van der Waals surface area contributed by atoms with E-state index in [1.54, 1.807) is 11.9 Å². The van der Waals surface area contributed by atoms with Gasteiger partial charge >= 0.3 is 0 Å². The average Bonchev–Trinajstić information content (AvgIpc) is 2.33. The van der Waals surface area contributed by atoms with Gasteiger partial charge in [0.25, 0.3) is 0 Å². The minimum Gasteiger partial charge on any atom is -0.494 e. The van der Waals surface area contributed by atoms with E-state index in [0.717, 1.165) is 12.1 Å². The Hall–Kier alpha value is -1.20. The summed E-state index contributed by atoms with van der Waals surface area (Å²) in [4.78, 5) is 1.76. The molecule has 0 saturated carbocycles. The van der Waals surface area contributed by atoms with E-state index in [9.17, 15) is 13.9 Å². The lowest BCUT2D eigenvalue weighted by Gasteiger charge is -2.34. The molecule has 0 unspecified atom stereocenters. The van der Waals surface area contributed by atoms with Crippen molar-refractivity contribution in [1.29, 1.82) is 0 Å². The molecule has 102 valence electrons. The van der Waals surface area contributed by atoms with Gasteiger partial charge in [0.05, 0.1) is 13.7 Å². The molecule has 0 bridgehead atoms. The molecule has 0 aliphatic rings. The van der Waals surface area contributed by atoms with E-state index < -0.39 is 17.2 Å². The van der Waals surface area contributed by atoms with Gasteiger partial charge in [0.1, 0.15) is 5.82 Å². The molecule has 0 spiro atoms. The van der Waals surface area contributed by atoms with E-state index in [4.69, 9.17) is 4.74 Å². The molecule has 1 aromatic carbocycles. The summed E-state index contributed by atoms with van der Waals surface area (Å²) < 4.78 is 31.9. The van der Waals surface area contributed by atoms with E-state index in [0.29, 0.717) is 0 Å². The first kappa shape index (κ1) is 14.9. The number of likely N-dealkylation sites (N-methyl/N-ethyl adjacent to an activating group) is 1. The summed E-state index contributed by atoms with van der Waals surface area (Å²) in [6, 6.07) is 2.16. The fourth-order valence-corrected chi connectivity index (χ4v) is 1.44. The van der Waals surface area contributed by atoms with Gasteiger partial charge in [-0.1, -0.05) is 0 Å². The van der Waals surface area contributed by atoms with Crippen molar-refractivity contribution in [2.24, 2.45) is 0 Å². The molecule has 1 rings (SSSR count). The lowest BCUT2D eigenvalue weighted by molar-refractivity contribution is 0.0724. The molecule has 5 heteroatoms. The predicted octanol–water partition coefficient (Wildman–Crippen LogP) is 2.18. The van der Waals surface area contributed by atoms with Gasteiger partial charge in [-0.25, -0.2) is 8.78 Å². The minimum absolute atomic E-state index is 0.0657. The first-order valence-electron chi connectivity index (χ1n) is 5.66. The third-order valence-electron chi connectivity index (χ3n) is 3.15. The maximum absolute atomic E-state index is 13.7. The number of hydrogen-bond acceptors (Lipinski definition) is 3. The van der Waals surface area contributed by atoms with Crippen LogP contribution in [-0.4, -0.2) is 36.3 Å². The summed E-state index contributed by atoms with van der Waals surface area (Å²) in [5.41, 5.74) is -0.264. The van der Waals surface area contributed by atoms with Crippen LogP contribution in [0, 0.1) is 11.6 Å². The Balaban J connectivity index is 2.95. The molecule has 18 heavy (non-hydrogen) atoms. The van der Waals surface area contributed by atoms with Crippen LogP contribution in [0.1, 0.15) is 19.4 Å². The summed E-state index contributed by atoms with van der Waals surface area (Å²) in [6.45, 7) is 3.79. The quantitative estimate of drug-likeness (QED) is 0.879. The van der Waals surface area contributed by atoms with Crippen molar-refractivity contribution in [2.45, 2.75) is 25.9 Å². The highest BCUT2D eigenvalue weighted by atomic mass is 19.1. The zero-order valence-corrected chi connectivity index (χ0v) is 11.1. The maximum Gasteiger partial charge on any atom is 0.165 e. The third kappa shape index (κ3) is 3.17. The van der Waals surface area contributed by atoms with E-state index in [1.807, 2.05) is 13.8 Å². The van der Waals surface area contributed by atoms with Gasteiger partial charge < -0.3 is 9.84 Å². The van der Waals surface area contributed by atoms with Crippen LogP contribution in [0.2, 0.25) is 0 Å². The molecule has 3 nitrogen and oxygen atoms in total. The largest absolute Gasteiger partial charge is 0.494 e. The van der Waals surface area contributed by atoms with Gasteiger partial charge in [-0.15, -0.1) is 0 Å². The lowest BCUT2D eigenvalue weighted by atomic mass is 10.0. The Kier molecular flexibility index (Phi) is 4.65. The molecule has 0 radical (unpaired) electrons. The predicted molar refractivity (Wildman–Crippen MR) is 65.5 cm³/mol. The number of nitrogens with zero attached hydrogens (tertiary/aromatic N) is 1. The SMILES string of the molecule is COc1cc(F)c(CN(C)C(C)(C)CO)cc1F. The van der Waals surface area contributed by atoms with Crippen molar-refractivity contribution in [2.75, 3.05) is 20.8 Å². The van der Waals surface area contributed by atoms with Crippen LogP contribution in [0.5, 0.6) is 5.75 Å². The molecule has 0 saturated heterocycles. The second-order valence-corrected chi connectivity index (χ2v) is 4.90. The summed E-state index contributed by atoms with van der Waals surface area (Å²) >= 11 is 0. The van der Waals surface area contributed by atoms with Crippen LogP contribution < -0.4 is 4.74 Å². The van der Waals surface area contributed by atoms with Crippen molar-refractivity contribution in [3.05, 3.63) is 29.3 Å². The molecule has 0 atom stereocenters. The number of rotatable bonds is 5. The summed E-state index contributed by atoms with van der Waals surface area (Å²) in [5.74, 6) is -1.22. The zero-order valence-electron chi connectivity index (χ0n) is 11.1. The Morgan fingerprint density at radius 3 is 2.39 bits per heavy atom. The first-order chi connectivity index (χ1) is 8.31. The second kappa shape index (κ2) is 5.63. The van der Waals surface area contributed by atoms with Gasteiger partial charge in [-0.2, -0.15) is 0 Å². The number of hydrogen-bond donors (Lipinski definition) is 1. The van der Waals surface area contributed by atoms with E-state index in [-0.39, 0.29) is 24.5 Å². The third-order valence-corrected chi connectivity index (χ3v) is 3.15. The Morgan fingerprint density at radius 1 is 1.28 bits per heavy atom. The van der Waals surface area contributed by atoms with Gasteiger partial charge in [-0.3, -0.25) is 4.90 Å². The number of benzene rings is 1. The number of methoxy groups -OCH3 is 1. The normalized spacial score (nSPS) is 12.0. The second-order valence-electron chi connectivity index (χ2n) is 4.90. The van der Waals surface area contributed by atoms with Crippen molar-refractivity contribution < 1.29 is 18.6 Å². The van der Waals surface area contributed by atoms with E-state index in [2.05, 4.69) is 0 Å². The van der Waals surface area contributed by atoms with Gasteiger partial charge in [0, 0.05) is 23.7 Å². The van der Waals surface area contributed by atoms with Crippen LogP contribution in [-0.2, 0) is 6.54 Å². The monoisotopic (exact) mass is 259 g/mol. The summed E-state index contributed by atoms with van der Waals surface area (Å²) in [5, 5.41) is 9.22. The Morgan fingerprint density at radius 2 is 1.89 bits per heavy atom. The molecule has 1 aromatic rings. The molecule has 0 heterocycles. The number of aliphatic hydroxyl groups excluding tert-OH is 1. The molecule has 0 aliphatic carbocycles. The van der Waals surface area contributed by atoms with Gasteiger partial charge in [0.15, 0.2) is 11.6 Å². The fourth-order valence-electron chi connectivity index (χ4n) is 1.44. The summed E-state index contributed by atoms with van der Waals surface area (Å²) in [6.07, 6.45) is 0. The van der Waals surface area contributed by atoms with Crippen molar-refractivity contribution >= 4 is 0 Å². The van der Waals surface area contributed by atoms with Crippen LogP contribution >= 0.6 is 0 Å². The molecule has 0 aliphatic heterocycles. The number of halogens is 2. The van der Waals surface area contributed by atoms with Crippen LogP contribution in [0.4, 0.5) is 8.78 Å². The lowest BCUT2D eigenvalue weighted by Crippen LogP contribution is -2.43. The molecule has 0 aromatic heterocycles. The number of aliphatic hydroxyl groups is 1. The topological polar surface area (TPSA) is 32.7 Å². The van der Waals surface area contributed by atoms with Crippen LogP contribution in [0.25, 0.3) is 0 Å². The molecule has 0 fully saturated rings. The number of ether oxygens (including phenoxy) is 1. The zero-order chi connectivity index (χ0) is 13.9. The first-order valence-corrected chi connectivity index (χ1v) is 5.66. The van der Waals surface area contributed by atoms with E-state index in [1.165, 1.54) is 7.11 Å². The maximum atomic E-state index is 13.7.